The molecule has 16 heavy (non-hydrogen) atoms. The van der Waals surface area contributed by atoms with Gasteiger partial charge in [0.2, 0.25) is 0 Å². The number of benzene rings is 1. The summed E-state index contributed by atoms with van der Waals surface area (Å²) in [5, 5.41) is 9.03. The van der Waals surface area contributed by atoms with Gasteiger partial charge in [0.05, 0.1) is 19.8 Å². The molecular weight excluding hydrogens is 208 g/mol. The van der Waals surface area contributed by atoms with E-state index in [2.05, 4.69) is 4.74 Å². The Bertz CT molecular complexity index is 448. The Hall–Kier alpha value is -1.81. The van der Waals surface area contributed by atoms with Crippen molar-refractivity contribution in [1.82, 2.24) is 0 Å². The summed E-state index contributed by atoms with van der Waals surface area (Å²) < 4.78 is 9.91. The lowest BCUT2D eigenvalue weighted by Crippen LogP contribution is -1.96. The third-order valence-corrected chi connectivity index (χ3v) is 2.46. The molecule has 1 aliphatic rings. The van der Waals surface area contributed by atoms with Crippen molar-refractivity contribution in [1.29, 1.82) is 0 Å². The number of hydrogen-bond acceptors (Lipinski definition) is 4. The monoisotopic (exact) mass is 220 g/mol. The van der Waals surface area contributed by atoms with Crippen LogP contribution in [0.2, 0.25) is 0 Å². The Morgan fingerprint density at radius 1 is 1.62 bits per heavy atom. The van der Waals surface area contributed by atoms with Crippen LogP contribution in [0.1, 0.15) is 16.7 Å². The molecule has 1 aromatic rings. The number of ether oxygens (including phenoxy) is 2. The number of aliphatic hydroxyl groups excluding tert-OH is 1. The van der Waals surface area contributed by atoms with E-state index in [-0.39, 0.29) is 6.61 Å². The van der Waals surface area contributed by atoms with Crippen molar-refractivity contribution in [3.05, 3.63) is 41.0 Å². The van der Waals surface area contributed by atoms with E-state index < -0.39 is 5.97 Å². The standard InChI is InChI=1S/C12H12O4/c1-15-12(14)5-11-10-4-8(6-13)2-3-9(10)7-16-11/h2-5,13H,6-7H2,1H3/b11-5+. The average molecular weight is 220 g/mol. The maximum absolute atomic E-state index is 11.1. The van der Waals surface area contributed by atoms with Crippen LogP contribution < -0.4 is 0 Å². The van der Waals surface area contributed by atoms with Gasteiger partial charge in [0.1, 0.15) is 12.4 Å². The van der Waals surface area contributed by atoms with Gasteiger partial charge < -0.3 is 14.6 Å². The van der Waals surface area contributed by atoms with E-state index in [1.165, 1.54) is 13.2 Å². The van der Waals surface area contributed by atoms with Crippen LogP contribution >= 0.6 is 0 Å². The normalized spacial score (nSPS) is 15.8. The molecule has 0 saturated heterocycles. The van der Waals surface area contributed by atoms with Crippen molar-refractivity contribution in [2.45, 2.75) is 13.2 Å². The van der Waals surface area contributed by atoms with Crippen molar-refractivity contribution < 1.29 is 19.4 Å². The van der Waals surface area contributed by atoms with E-state index >= 15 is 0 Å². The molecule has 0 atom stereocenters. The lowest BCUT2D eigenvalue weighted by Gasteiger charge is -2.01. The molecule has 0 aromatic heterocycles. The quantitative estimate of drug-likeness (QED) is 0.601. The highest BCUT2D eigenvalue weighted by Gasteiger charge is 2.19. The van der Waals surface area contributed by atoms with Crippen LogP contribution in [-0.2, 0) is 27.5 Å². The van der Waals surface area contributed by atoms with Crippen LogP contribution in [0.5, 0.6) is 0 Å². The first-order valence-electron chi connectivity index (χ1n) is 4.90. The van der Waals surface area contributed by atoms with E-state index in [1.807, 2.05) is 18.2 Å². The van der Waals surface area contributed by atoms with Crippen LogP contribution in [0.15, 0.2) is 24.3 Å². The molecule has 84 valence electrons. The Kier molecular flexibility index (Phi) is 2.92. The number of aliphatic hydroxyl groups is 1. The topological polar surface area (TPSA) is 55.8 Å². The SMILES string of the molecule is COC(=O)/C=C1/OCc2ccc(CO)cc21. The van der Waals surface area contributed by atoms with Crippen molar-refractivity contribution in [2.24, 2.45) is 0 Å². The van der Waals surface area contributed by atoms with Gasteiger partial charge in [-0.25, -0.2) is 4.79 Å². The fourth-order valence-corrected chi connectivity index (χ4v) is 1.60. The van der Waals surface area contributed by atoms with Gasteiger partial charge in [-0.05, 0) is 11.6 Å². The van der Waals surface area contributed by atoms with Crippen LogP contribution in [0.3, 0.4) is 0 Å². The van der Waals surface area contributed by atoms with Gasteiger partial charge in [-0.15, -0.1) is 0 Å². The summed E-state index contributed by atoms with van der Waals surface area (Å²) in [6.45, 7) is 0.419. The summed E-state index contributed by atoms with van der Waals surface area (Å²) in [6.07, 6.45) is 1.31. The summed E-state index contributed by atoms with van der Waals surface area (Å²) in [5.41, 5.74) is 2.64. The second-order valence-corrected chi connectivity index (χ2v) is 3.47. The second kappa shape index (κ2) is 4.37. The zero-order chi connectivity index (χ0) is 11.5. The summed E-state index contributed by atoms with van der Waals surface area (Å²) in [7, 11) is 1.32. The maximum Gasteiger partial charge on any atom is 0.334 e. The number of esters is 1. The molecule has 0 saturated carbocycles. The summed E-state index contributed by atoms with van der Waals surface area (Å²) in [6, 6.07) is 5.54. The van der Waals surface area contributed by atoms with Crippen molar-refractivity contribution in [2.75, 3.05) is 7.11 Å². The smallest absolute Gasteiger partial charge is 0.334 e. The van der Waals surface area contributed by atoms with Crippen molar-refractivity contribution in [3.63, 3.8) is 0 Å². The average Bonchev–Trinajstić information content (AvgIpc) is 2.71. The van der Waals surface area contributed by atoms with Gasteiger partial charge in [-0.2, -0.15) is 0 Å². The molecule has 4 heteroatoms. The number of rotatable bonds is 2. The summed E-state index contributed by atoms with van der Waals surface area (Å²) in [5.74, 6) is 0.0504. The highest BCUT2D eigenvalue weighted by Crippen LogP contribution is 2.30. The third-order valence-electron chi connectivity index (χ3n) is 2.46. The summed E-state index contributed by atoms with van der Waals surface area (Å²) in [4.78, 5) is 11.1. The minimum Gasteiger partial charge on any atom is -0.488 e. The molecule has 1 aliphatic heterocycles. The molecule has 0 aliphatic carbocycles. The predicted octanol–water partition coefficient (Wildman–Crippen LogP) is 1.22. The molecule has 0 bridgehead atoms. The fourth-order valence-electron chi connectivity index (χ4n) is 1.60. The zero-order valence-electron chi connectivity index (χ0n) is 8.90. The molecule has 0 radical (unpaired) electrons. The van der Waals surface area contributed by atoms with Gasteiger partial charge in [0.25, 0.3) is 0 Å². The fraction of sp³-hybridized carbons (Fsp3) is 0.250. The highest BCUT2D eigenvalue weighted by molar-refractivity contribution is 5.90. The zero-order valence-corrected chi connectivity index (χ0v) is 8.90. The Morgan fingerprint density at radius 3 is 3.12 bits per heavy atom. The van der Waals surface area contributed by atoms with Crippen molar-refractivity contribution >= 4 is 11.7 Å². The first kappa shape index (κ1) is 10.7. The molecule has 0 fully saturated rings. The molecule has 0 spiro atoms. The lowest BCUT2D eigenvalue weighted by molar-refractivity contribution is -0.134. The van der Waals surface area contributed by atoms with Crippen LogP contribution in [-0.4, -0.2) is 18.2 Å². The van der Waals surface area contributed by atoms with Gasteiger partial charge in [-0.3, -0.25) is 0 Å². The second-order valence-electron chi connectivity index (χ2n) is 3.47. The van der Waals surface area contributed by atoms with Crippen LogP contribution in [0.4, 0.5) is 0 Å². The lowest BCUT2D eigenvalue weighted by atomic mass is 10.0. The first-order valence-corrected chi connectivity index (χ1v) is 4.90. The minimum absolute atomic E-state index is 0.0290. The predicted molar refractivity (Wildman–Crippen MR) is 57.1 cm³/mol. The van der Waals surface area contributed by atoms with E-state index in [1.54, 1.807) is 0 Å². The number of hydrogen-bond donors (Lipinski definition) is 1. The van der Waals surface area contributed by atoms with Crippen LogP contribution in [0, 0.1) is 0 Å². The van der Waals surface area contributed by atoms with Gasteiger partial charge >= 0.3 is 5.97 Å². The molecule has 1 heterocycles. The Balaban J connectivity index is 2.37. The van der Waals surface area contributed by atoms with E-state index in [0.717, 1.165) is 16.7 Å². The van der Waals surface area contributed by atoms with Crippen LogP contribution in [0.25, 0.3) is 5.76 Å². The third kappa shape index (κ3) is 1.92. The Labute approximate surface area is 93.1 Å². The number of methoxy groups -OCH3 is 1. The highest BCUT2D eigenvalue weighted by atomic mass is 16.5. The van der Waals surface area contributed by atoms with E-state index in [4.69, 9.17) is 9.84 Å². The number of carbonyl (C=O) groups excluding carboxylic acids is 1. The summed E-state index contributed by atoms with van der Waals surface area (Å²) >= 11 is 0. The maximum atomic E-state index is 11.1. The van der Waals surface area contributed by atoms with Gasteiger partial charge in [0.15, 0.2) is 0 Å². The molecule has 4 nitrogen and oxygen atoms in total. The first-order chi connectivity index (χ1) is 7.74. The van der Waals surface area contributed by atoms with Gasteiger partial charge in [-0.1, -0.05) is 12.1 Å². The minimum atomic E-state index is -0.447. The molecule has 0 unspecified atom stereocenters. The molecule has 1 aromatic carbocycles. The van der Waals surface area contributed by atoms with E-state index in [0.29, 0.717) is 12.4 Å². The largest absolute Gasteiger partial charge is 0.488 e. The van der Waals surface area contributed by atoms with Gasteiger partial charge in [0, 0.05) is 11.1 Å². The molecule has 2 rings (SSSR count). The molecule has 1 N–H and O–H groups in total. The van der Waals surface area contributed by atoms with Crippen molar-refractivity contribution in [3.8, 4) is 0 Å². The number of carbonyl (C=O) groups is 1. The molecular formula is C12H12O4. The molecule has 0 amide bonds. The Morgan fingerprint density at radius 2 is 2.44 bits per heavy atom. The van der Waals surface area contributed by atoms with E-state index in [9.17, 15) is 4.79 Å². The number of fused-ring (bicyclic) bond motifs is 1.